The average Bonchev–Trinajstić information content (AvgIpc) is 3.02. The number of amides is 2. The highest BCUT2D eigenvalue weighted by Crippen LogP contribution is 2.64. The van der Waals surface area contributed by atoms with E-state index in [1.165, 1.54) is 4.90 Å². The molecule has 1 saturated carbocycles. The number of piperidine rings is 1. The van der Waals surface area contributed by atoms with E-state index in [1.54, 1.807) is 0 Å². The molecule has 0 aromatic rings. The van der Waals surface area contributed by atoms with Gasteiger partial charge in [-0.1, -0.05) is 27.7 Å². The van der Waals surface area contributed by atoms with Crippen LogP contribution in [0.3, 0.4) is 0 Å². The van der Waals surface area contributed by atoms with E-state index in [2.05, 4.69) is 19.2 Å². The van der Waals surface area contributed by atoms with Gasteiger partial charge in [0.05, 0.1) is 12.5 Å². The van der Waals surface area contributed by atoms with E-state index in [4.69, 9.17) is 4.74 Å². The van der Waals surface area contributed by atoms with Crippen LogP contribution in [0.4, 0.5) is 0 Å². The molecule has 0 aromatic carbocycles. The Bertz CT molecular complexity index is 582. The lowest BCUT2D eigenvalue weighted by atomic mass is 9.97. The lowest BCUT2D eigenvalue weighted by Crippen LogP contribution is -2.56. The van der Waals surface area contributed by atoms with Crippen molar-refractivity contribution in [3.63, 3.8) is 0 Å². The smallest absolute Gasteiger partial charge is 0.326 e. The molecule has 0 spiro atoms. The number of carbonyl (C=O) groups is 3. The Morgan fingerprint density at radius 3 is 2.48 bits per heavy atom. The Kier molecular flexibility index (Phi) is 4.56. The van der Waals surface area contributed by atoms with Crippen LogP contribution in [-0.2, 0) is 19.1 Å². The van der Waals surface area contributed by atoms with Crippen LogP contribution < -0.4 is 5.32 Å². The first-order valence-electron chi connectivity index (χ1n) is 9.07. The Morgan fingerprint density at radius 1 is 1.28 bits per heavy atom. The lowest BCUT2D eigenvalue weighted by molar-refractivity contribution is -0.152. The summed E-state index contributed by atoms with van der Waals surface area (Å²) in [4.78, 5) is 38.7. The van der Waals surface area contributed by atoms with Crippen LogP contribution in [0, 0.1) is 29.1 Å². The van der Waals surface area contributed by atoms with E-state index in [0.29, 0.717) is 26.2 Å². The van der Waals surface area contributed by atoms with Crippen LogP contribution in [0.25, 0.3) is 0 Å². The van der Waals surface area contributed by atoms with E-state index in [1.807, 2.05) is 13.8 Å². The largest absolute Gasteiger partial charge is 0.480 e. The van der Waals surface area contributed by atoms with Gasteiger partial charge in [0.25, 0.3) is 0 Å². The first-order valence-corrected chi connectivity index (χ1v) is 9.07. The molecule has 7 nitrogen and oxygen atoms in total. The van der Waals surface area contributed by atoms with Gasteiger partial charge >= 0.3 is 5.97 Å². The van der Waals surface area contributed by atoms with Crippen LogP contribution in [0.5, 0.6) is 0 Å². The third-order valence-electron chi connectivity index (χ3n) is 6.28. The number of fused-ring (bicyclic) bond motifs is 1. The highest BCUT2D eigenvalue weighted by atomic mass is 16.5. The molecule has 140 valence electrons. The van der Waals surface area contributed by atoms with Crippen molar-refractivity contribution in [1.29, 1.82) is 0 Å². The van der Waals surface area contributed by atoms with Gasteiger partial charge < -0.3 is 20.1 Å². The minimum absolute atomic E-state index is 0.000644. The van der Waals surface area contributed by atoms with Gasteiger partial charge in [-0.2, -0.15) is 0 Å². The second-order valence-electron chi connectivity index (χ2n) is 8.52. The molecule has 25 heavy (non-hydrogen) atoms. The van der Waals surface area contributed by atoms with Gasteiger partial charge in [0.15, 0.2) is 0 Å². The monoisotopic (exact) mass is 352 g/mol. The predicted octanol–water partition coefficient (Wildman–Crippen LogP) is 0.731. The highest BCUT2D eigenvalue weighted by Gasteiger charge is 2.69. The molecule has 2 saturated heterocycles. The maximum Gasteiger partial charge on any atom is 0.326 e. The fourth-order valence-electron chi connectivity index (χ4n) is 4.50. The van der Waals surface area contributed by atoms with Crippen molar-refractivity contribution in [3.05, 3.63) is 0 Å². The summed E-state index contributed by atoms with van der Waals surface area (Å²) in [6, 6.07) is -1.49. The maximum atomic E-state index is 13.0. The van der Waals surface area contributed by atoms with Crippen molar-refractivity contribution < 1.29 is 24.2 Å². The normalized spacial score (nSPS) is 33.9. The van der Waals surface area contributed by atoms with Crippen molar-refractivity contribution >= 4 is 17.8 Å². The van der Waals surface area contributed by atoms with Crippen molar-refractivity contribution in [1.82, 2.24) is 10.2 Å². The summed E-state index contributed by atoms with van der Waals surface area (Å²) in [6.07, 6.45) is 0.657. The third-order valence-corrected chi connectivity index (χ3v) is 6.28. The summed E-state index contributed by atoms with van der Waals surface area (Å²) in [6.45, 7) is 9.24. The third kappa shape index (κ3) is 3.03. The first-order chi connectivity index (χ1) is 11.7. The SMILES string of the molecule is CC(C)[C@H](NC(=O)C1CCOC1)C(=O)N1C[C@H]2[C@@H]([C@H]1C(=O)O)C2(C)C. The number of nitrogens with one attached hydrogen (secondary N) is 1. The Hall–Kier alpha value is -1.63. The number of rotatable bonds is 5. The Balaban J connectivity index is 1.72. The number of ether oxygens (including phenoxy) is 1. The quantitative estimate of drug-likeness (QED) is 0.760. The number of aliphatic carboxylic acids is 1. The van der Waals surface area contributed by atoms with Crippen molar-refractivity contribution in [2.45, 2.75) is 46.2 Å². The summed E-state index contributed by atoms with van der Waals surface area (Å²) in [5, 5.41) is 12.5. The molecule has 3 fully saturated rings. The van der Waals surface area contributed by atoms with Gasteiger partial charge in [-0.25, -0.2) is 4.79 Å². The molecule has 2 amide bonds. The topological polar surface area (TPSA) is 95.9 Å². The maximum absolute atomic E-state index is 13.0. The summed E-state index contributed by atoms with van der Waals surface area (Å²) < 4.78 is 5.24. The summed E-state index contributed by atoms with van der Waals surface area (Å²) in [5.74, 6) is -1.53. The number of hydrogen-bond acceptors (Lipinski definition) is 4. The Morgan fingerprint density at radius 2 is 1.96 bits per heavy atom. The highest BCUT2D eigenvalue weighted by molar-refractivity contribution is 5.92. The van der Waals surface area contributed by atoms with Crippen LogP contribution in [0.15, 0.2) is 0 Å². The van der Waals surface area contributed by atoms with Crippen molar-refractivity contribution in [2.24, 2.45) is 29.1 Å². The van der Waals surface area contributed by atoms with Gasteiger partial charge in [0.2, 0.25) is 11.8 Å². The van der Waals surface area contributed by atoms with Crippen LogP contribution in [-0.4, -0.2) is 59.6 Å². The van der Waals surface area contributed by atoms with E-state index in [0.717, 1.165) is 0 Å². The van der Waals surface area contributed by atoms with Gasteiger partial charge in [0.1, 0.15) is 12.1 Å². The van der Waals surface area contributed by atoms with Crippen molar-refractivity contribution in [2.75, 3.05) is 19.8 Å². The molecular weight excluding hydrogens is 324 g/mol. The fraction of sp³-hybridized carbons (Fsp3) is 0.833. The second kappa shape index (κ2) is 6.27. The van der Waals surface area contributed by atoms with E-state index in [-0.39, 0.29) is 40.9 Å². The zero-order chi connectivity index (χ0) is 18.5. The molecule has 3 rings (SSSR count). The van der Waals surface area contributed by atoms with Gasteiger partial charge in [-0.15, -0.1) is 0 Å². The molecule has 0 bridgehead atoms. The van der Waals surface area contributed by atoms with Gasteiger partial charge in [-0.05, 0) is 23.7 Å². The van der Waals surface area contributed by atoms with E-state index < -0.39 is 18.1 Å². The number of hydrogen-bond donors (Lipinski definition) is 2. The van der Waals surface area contributed by atoms with E-state index >= 15 is 0 Å². The summed E-state index contributed by atoms with van der Waals surface area (Å²) in [7, 11) is 0. The average molecular weight is 352 g/mol. The molecule has 2 aliphatic heterocycles. The molecule has 0 radical (unpaired) electrons. The number of carboxylic acid groups (broad SMARTS) is 1. The lowest BCUT2D eigenvalue weighted by Gasteiger charge is -2.33. The molecule has 5 atom stereocenters. The summed E-state index contributed by atoms with van der Waals surface area (Å²) in [5.41, 5.74) is -0.0302. The van der Waals surface area contributed by atoms with Crippen LogP contribution >= 0.6 is 0 Å². The minimum atomic E-state index is -0.954. The first kappa shape index (κ1) is 18.2. The number of likely N-dealkylation sites (tertiary alicyclic amines) is 1. The molecule has 2 heterocycles. The Labute approximate surface area is 148 Å². The predicted molar refractivity (Wildman–Crippen MR) is 89.6 cm³/mol. The van der Waals surface area contributed by atoms with Gasteiger partial charge in [0, 0.05) is 19.1 Å². The van der Waals surface area contributed by atoms with Crippen molar-refractivity contribution in [3.8, 4) is 0 Å². The minimum Gasteiger partial charge on any atom is -0.480 e. The standard InChI is InChI=1S/C18H28N2O5/c1-9(2)13(19-15(21)10-5-6-25-8-10)16(22)20-7-11-12(18(11,3)4)14(20)17(23)24/h9-14H,5-8H2,1-4H3,(H,19,21)(H,23,24)/t10?,11-,12-,13-,14-/m0/s1. The van der Waals surface area contributed by atoms with Crippen LogP contribution in [0.2, 0.25) is 0 Å². The molecule has 0 aromatic heterocycles. The second-order valence-corrected chi connectivity index (χ2v) is 8.52. The molecular formula is C18H28N2O5. The number of nitrogens with zero attached hydrogens (tertiary/aromatic N) is 1. The number of carbonyl (C=O) groups excluding carboxylic acids is 2. The number of carboxylic acids is 1. The van der Waals surface area contributed by atoms with Crippen LogP contribution in [0.1, 0.15) is 34.1 Å². The van der Waals surface area contributed by atoms with E-state index in [9.17, 15) is 19.5 Å². The summed E-state index contributed by atoms with van der Waals surface area (Å²) >= 11 is 0. The molecule has 3 aliphatic rings. The molecule has 1 unspecified atom stereocenters. The zero-order valence-corrected chi connectivity index (χ0v) is 15.3. The molecule has 1 aliphatic carbocycles. The fourth-order valence-corrected chi connectivity index (χ4v) is 4.50. The van der Waals surface area contributed by atoms with Gasteiger partial charge in [-0.3, -0.25) is 9.59 Å². The zero-order valence-electron chi connectivity index (χ0n) is 15.3. The molecule has 7 heteroatoms. The molecule has 2 N–H and O–H groups in total.